The summed E-state index contributed by atoms with van der Waals surface area (Å²) >= 11 is 9.43. The number of rotatable bonds is 5. The van der Waals surface area contributed by atoms with Crippen molar-refractivity contribution in [1.29, 1.82) is 0 Å². The van der Waals surface area contributed by atoms with Crippen molar-refractivity contribution in [2.24, 2.45) is 5.73 Å². The number of hydrogen-bond acceptors (Lipinski definition) is 2. The average Bonchev–Trinajstić information content (AvgIpc) is 2.28. The summed E-state index contributed by atoms with van der Waals surface area (Å²) in [5.74, 6) is 0. The van der Waals surface area contributed by atoms with Crippen molar-refractivity contribution in [3.8, 4) is 0 Å². The molecule has 0 fully saturated rings. The highest BCUT2D eigenvalue weighted by molar-refractivity contribution is 9.10. The molecular weight excluding hydrogens is 325 g/mol. The molecule has 0 aliphatic rings. The molecule has 0 saturated carbocycles. The molecule has 98 valence electrons. The van der Waals surface area contributed by atoms with Crippen LogP contribution in [0.3, 0.4) is 0 Å². The highest BCUT2D eigenvalue weighted by Crippen LogP contribution is 2.28. The van der Waals surface area contributed by atoms with E-state index in [1.54, 1.807) is 6.07 Å². The van der Waals surface area contributed by atoms with Gasteiger partial charge in [-0.15, -0.1) is 12.4 Å². The van der Waals surface area contributed by atoms with E-state index in [0.717, 1.165) is 22.9 Å². The number of aliphatic hydroxyl groups excluding tert-OH is 1. The van der Waals surface area contributed by atoms with Gasteiger partial charge in [0.25, 0.3) is 0 Å². The molecule has 0 spiro atoms. The van der Waals surface area contributed by atoms with E-state index >= 15 is 0 Å². The Balaban J connectivity index is 0.00000256. The number of aliphatic hydroxyl groups is 1. The topological polar surface area (TPSA) is 46.2 Å². The van der Waals surface area contributed by atoms with E-state index in [2.05, 4.69) is 22.9 Å². The van der Waals surface area contributed by atoms with Gasteiger partial charge in [-0.05, 0) is 30.2 Å². The molecule has 5 heteroatoms. The zero-order valence-electron chi connectivity index (χ0n) is 9.70. The Bertz CT molecular complexity index is 349. The molecule has 17 heavy (non-hydrogen) atoms. The van der Waals surface area contributed by atoms with Crippen LogP contribution < -0.4 is 5.73 Å². The molecule has 1 rings (SSSR count). The average molecular weight is 343 g/mol. The second-order valence-electron chi connectivity index (χ2n) is 3.90. The summed E-state index contributed by atoms with van der Waals surface area (Å²) < 4.78 is 0.921. The smallest absolute Gasteiger partial charge is 0.0733 e. The lowest BCUT2D eigenvalue weighted by Crippen LogP contribution is -2.26. The zero-order valence-corrected chi connectivity index (χ0v) is 12.9. The highest BCUT2D eigenvalue weighted by Gasteiger charge is 2.18. The summed E-state index contributed by atoms with van der Waals surface area (Å²) in [5, 5.41) is 10.5. The number of unbranched alkanes of at least 4 members (excludes halogenated alkanes) is 1. The van der Waals surface area contributed by atoms with Crippen molar-refractivity contribution >= 4 is 39.9 Å². The van der Waals surface area contributed by atoms with Gasteiger partial charge in [-0.2, -0.15) is 0 Å². The molecular formula is C12H18BrCl2NO. The van der Waals surface area contributed by atoms with Gasteiger partial charge >= 0.3 is 0 Å². The van der Waals surface area contributed by atoms with Crippen molar-refractivity contribution in [3.63, 3.8) is 0 Å². The van der Waals surface area contributed by atoms with Gasteiger partial charge in [0, 0.05) is 9.50 Å². The van der Waals surface area contributed by atoms with Crippen LogP contribution in [0.4, 0.5) is 0 Å². The largest absolute Gasteiger partial charge is 0.391 e. The lowest BCUT2D eigenvalue weighted by molar-refractivity contribution is 0.132. The van der Waals surface area contributed by atoms with E-state index in [9.17, 15) is 5.11 Å². The van der Waals surface area contributed by atoms with Crippen molar-refractivity contribution in [2.45, 2.75) is 38.3 Å². The summed E-state index contributed by atoms with van der Waals surface area (Å²) in [4.78, 5) is 0. The van der Waals surface area contributed by atoms with E-state index in [4.69, 9.17) is 17.3 Å². The fourth-order valence-corrected chi connectivity index (χ4v) is 2.19. The fraction of sp³-hybridized carbons (Fsp3) is 0.500. The van der Waals surface area contributed by atoms with Gasteiger partial charge in [0.05, 0.1) is 12.1 Å². The van der Waals surface area contributed by atoms with Gasteiger partial charge < -0.3 is 10.8 Å². The number of nitrogens with two attached hydrogens (primary N) is 1. The first-order chi connectivity index (χ1) is 7.56. The van der Waals surface area contributed by atoms with Gasteiger partial charge in [0.15, 0.2) is 0 Å². The second kappa shape index (κ2) is 8.33. The minimum absolute atomic E-state index is 0. The molecule has 0 bridgehead atoms. The van der Waals surface area contributed by atoms with Crippen molar-refractivity contribution in [1.82, 2.24) is 0 Å². The Kier molecular flexibility index (Phi) is 8.43. The molecule has 1 aromatic carbocycles. The summed E-state index contributed by atoms with van der Waals surface area (Å²) in [6, 6.07) is 5.09. The molecule has 0 saturated heterocycles. The summed E-state index contributed by atoms with van der Waals surface area (Å²) in [5.41, 5.74) is 6.79. The molecule has 1 aromatic rings. The van der Waals surface area contributed by atoms with E-state index < -0.39 is 12.1 Å². The van der Waals surface area contributed by atoms with Crippen LogP contribution in [-0.4, -0.2) is 11.2 Å². The number of benzene rings is 1. The Morgan fingerprint density at radius 1 is 1.47 bits per heavy atom. The molecule has 2 atom stereocenters. The van der Waals surface area contributed by atoms with E-state index in [0.29, 0.717) is 11.4 Å². The van der Waals surface area contributed by atoms with Gasteiger partial charge in [0.1, 0.15) is 0 Å². The van der Waals surface area contributed by atoms with E-state index in [1.165, 1.54) is 0 Å². The number of hydrogen-bond donors (Lipinski definition) is 2. The third-order valence-corrected chi connectivity index (χ3v) is 3.42. The first kappa shape index (κ1) is 17.2. The lowest BCUT2D eigenvalue weighted by Gasteiger charge is -2.20. The van der Waals surface area contributed by atoms with Crippen LogP contribution in [0, 0.1) is 0 Å². The number of halogens is 3. The third kappa shape index (κ3) is 5.14. The SMILES string of the molecule is CCCC[C@@H](O)[C@@H](N)c1cc(Br)ccc1Cl.Cl. The summed E-state index contributed by atoms with van der Waals surface area (Å²) in [6.45, 7) is 2.09. The fourth-order valence-electron chi connectivity index (χ4n) is 1.57. The maximum atomic E-state index is 9.92. The van der Waals surface area contributed by atoms with Crippen LogP contribution >= 0.6 is 39.9 Å². The van der Waals surface area contributed by atoms with Crippen molar-refractivity contribution < 1.29 is 5.11 Å². The van der Waals surface area contributed by atoms with Crippen LogP contribution in [0.15, 0.2) is 22.7 Å². The Labute approximate surface area is 122 Å². The zero-order chi connectivity index (χ0) is 12.1. The lowest BCUT2D eigenvalue weighted by atomic mass is 9.98. The van der Waals surface area contributed by atoms with Crippen LogP contribution in [0.1, 0.15) is 37.8 Å². The first-order valence-corrected chi connectivity index (χ1v) is 6.62. The van der Waals surface area contributed by atoms with Gasteiger partial charge in [0.2, 0.25) is 0 Å². The summed E-state index contributed by atoms with van der Waals surface area (Å²) in [7, 11) is 0. The standard InChI is InChI=1S/C12H17BrClNO.ClH/c1-2-3-4-11(16)12(15)9-7-8(13)5-6-10(9)14;/h5-7,11-12,16H,2-4,15H2,1H3;1H/t11-,12+;/m1./s1. The Morgan fingerprint density at radius 2 is 2.12 bits per heavy atom. The Morgan fingerprint density at radius 3 is 2.71 bits per heavy atom. The molecule has 0 heterocycles. The third-order valence-electron chi connectivity index (χ3n) is 2.59. The molecule has 0 unspecified atom stereocenters. The second-order valence-corrected chi connectivity index (χ2v) is 5.22. The van der Waals surface area contributed by atoms with Crippen LogP contribution in [0.25, 0.3) is 0 Å². The van der Waals surface area contributed by atoms with E-state index in [1.807, 2.05) is 12.1 Å². The molecule has 2 nitrogen and oxygen atoms in total. The van der Waals surface area contributed by atoms with Crippen LogP contribution in [-0.2, 0) is 0 Å². The van der Waals surface area contributed by atoms with Crippen molar-refractivity contribution in [3.05, 3.63) is 33.3 Å². The predicted octanol–water partition coefficient (Wildman–Crippen LogP) is 4.08. The van der Waals surface area contributed by atoms with Crippen LogP contribution in [0.2, 0.25) is 5.02 Å². The summed E-state index contributed by atoms with van der Waals surface area (Å²) in [6.07, 6.45) is 2.20. The highest BCUT2D eigenvalue weighted by atomic mass is 79.9. The minimum atomic E-state index is -0.535. The van der Waals surface area contributed by atoms with Crippen LogP contribution in [0.5, 0.6) is 0 Å². The molecule has 0 aliphatic heterocycles. The first-order valence-electron chi connectivity index (χ1n) is 5.44. The molecule has 0 aromatic heterocycles. The molecule has 0 radical (unpaired) electrons. The maximum absolute atomic E-state index is 9.92. The molecule has 0 amide bonds. The normalized spacial score (nSPS) is 13.9. The van der Waals surface area contributed by atoms with Gasteiger partial charge in [-0.1, -0.05) is 47.3 Å². The predicted molar refractivity (Wildman–Crippen MR) is 78.9 cm³/mol. The quantitative estimate of drug-likeness (QED) is 0.847. The Hall–Kier alpha value is 0.200. The van der Waals surface area contributed by atoms with Gasteiger partial charge in [-0.25, -0.2) is 0 Å². The van der Waals surface area contributed by atoms with Gasteiger partial charge in [-0.3, -0.25) is 0 Å². The molecule has 0 aliphatic carbocycles. The van der Waals surface area contributed by atoms with E-state index in [-0.39, 0.29) is 12.4 Å². The monoisotopic (exact) mass is 341 g/mol. The maximum Gasteiger partial charge on any atom is 0.0733 e. The molecule has 3 N–H and O–H groups in total. The van der Waals surface area contributed by atoms with Crippen molar-refractivity contribution in [2.75, 3.05) is 0 Å². The minimum Gasteiger partial charge on any atom is -0.391 e.